The number of nitrogens with one attached hydrogen (secondary N) is 1. The molecule has 1 saturated heterocycles. The number of aromatic nitrogens is 1. The summed E-state index contributed by atoms with van der Waals surface area (Å²) in [6.45, 7) is 4.13. The smallest absolute Gasteiger partial charge is 0.254 e. The van der Waals surface area contributed by atoms with Crippen molar-refractivity contribution >= 4 is 32.4 Å². The van der Waals surface area contributed by atoms with Gasteiger partial charge in [0, 0.05) is 33.1 Å². The van der Waals surface area contributed by atoms with Gasteiger partial charge in [0.25, 0.3) is 10.0 Å². The van der Waals surface area contributed by atoms with E-state index in [-0.39, 0.29) is 15.2 Å². The zero-order valence-electron chi connectivity index (χ0n) is 13.1. The molecule has 1 fully saturated rings. The maximum absolute atomic E-state index is 12.7. The maximum atomic E-state index is 12.7. The van der Waals surface area contributed by atoms with Crippen LogP contribution in [0.2, 0.25) is 0 Å². The summed E-state index contributed by atoms with van der Waals surface area (Å²) >= 11 is 0.965. The van der Waals surface area contributed by atoms with E-state index < -0.39 is 10.0 Å². The highest BCUT2D eigenvalue weighted by atomic mass is 32.2. The molecule has 1 amide bonds. The van der Waals surface area contributed by atoms with Gasteiger partial charge in [0.2, 0.25) is 5.91 Å². The molecule has 1 aliphatic heterocycles. The highest BCUT2D eigenvalue weighted by Crippen LogP contribution is 2.26. The fraction of sp³-hybridized carbons (Fsp3) is 0.429. The number of piperazine rings is 1. The normalized spacial score (nSPS) is 17.0. The zero-order valence-corrected chi connectivity index (χ0v) is 14.8. The molecule has 2 aromatic heterocycles. The Morgan fingerprint density at radius 2 is 2.12 bits per heavy atom. The Morgan fingerprint density at radius 3 is 2.75 bits per heavy atom. The molecule has 8 nitrogen and oxygen atoms in total. The number of amides is 1. The van der Waals surface area contributed by atoms with Gasteiger partial charge < -0.3 is 9.73 Å². The van der Waals surface area contributed by atoms with Crippen molar-refractivity contribution in [2.45, 2.75) is 17.7 Å². The van der Waals surface area contributed by atoms with E-state index in [1.165, 1.54) is 17.4 Å². The van der Waals surface area contributed by atoms with E-state index in [1.54, 1.807) is 6.26 Å². The number of anilines is 1. The summed E-state index contributed by atoms with van der Waals surface area (Å²) in [6, 6.07) is 3.75. The van der Waals surface area contributed by atoms with Crippen molar-refractivity contribution in [1.29, 1.82) is 0 Å². The second-order valence-electron chi connectivity index (χ2n) is 5.43. The van der Waals surface area contributed by atoms with Crippen LogP contribution in [-0.2, 0) is 21.4 Å². The molecule has 0 aromatic carbocycles. The molecular weight excluding hydrogens is 352 g/mol. The third-order valence-electron chi connectivity index (χ3n) is 3.65. The summed E-state index contributed by atoms with van der Waals surface area (Å²) in [4.78, 5) is 17.1. The summed E-state index contributed by atoms with van der Waals surface area (Å²) in [5, 5.41) is 2.79. The van der Waals surface area contributed by atoms with Crippen LogP contribution in [0.15, 0.2) is 33.2 Å². The van der Waals surface area contributed by atoms with Gasteiger partial charge in [-0.2, -0.15) is 4.31 Å². The molecule has 1 aliphatic rings. The molecule has 0 spiro atoms. The average molecular weight is 370 g/mol. The topological polar surface area (TPSA) is 95.7 Å². The second-order valence-corrected chi connectivity index (χ2v) is 8.62. The van der Waals surface area contributed by atoms with Gasteiger partial charge >= 0.3 is 0 Å². The molecular formula is C14H18N4O4S2. The standard InChI is InChI=1S/C14H18N4O4S2/c1-11(19)16-14-15-9-13(23-14)24(20,21)18-6-4-17(5-7-18)10-12-3-2-8-22-12/h2-3,8-9H,4-7,10H2,1H3,(H,15,16,19). The van der Waals surface area contributed by atoms with Crippen LogP contribution >= 0.6 is 11.3 Å². The summed E-state index contributed by atoms with van der Waals surface area (Å²) in [6.07, 6.45) is 2.92. The van der Waals surface area contributed by atoms with E-state index in [0.717, 1.165) is 17.1 Å². The first-order valence-electron chi connectivity index (χ1n) is 7.43. The number of sulfonamides is 1. The SMILES string of the molecule is CC(=O)Nc1ncc(S(=O)(=O)N2CCN(Cc3ccco3)CC2)s1. The monoisotopic (exact) mass is 370 g/mol. The fourth-order valence-electron chi connectivity index (χ4n) is 2.47. The van der Waals surface area contributed by atoms with E-state index in [2.05, 4.69) is 15.2 Å². The predicted molar refractivity (Wildman–Crippen MR) is 89.2 cm³/mol. The van der Waals surface area contributed by atoms with E-state index in [0.29, 0.717) is 32.7 Å². The lowest BCUT2D eigenvalue weighted by Crippen LogP contribution is -2.47. The zero-order chi connectivity index (χ0) is 17.2. The first kappa shape index (κ1) is 17.1. The lowest BCUT2D eigenvalue weighted by atomic mass is 10.3. The fourth-order valence-corrected chi connectivity index (χ4v) is 5.12. The Kier molecular flexibility index (Phi) is 4.99. The molecule has 3 rings (SSSR count). The minimum atomic E-state index is -3.57. The van der Waals surface area contributed by atoms with Gasteiger partial charge in [0.15, 0.2) is 9.34 Å². The van der Waals surface area contributed by atoms with Gasteiger partial charge in [0.1, 0.15) is 5.76 Å². The van der Waals surface area contributed by atoms with Crippen LogP contribution in [0.5, 0.6) is 0 Å². The minimum absolute atomic E-state index is 0.144. The van der Waals surface area contributed by atoms with Crippen molar-refractivity contribution in [2.75, 3.05) is 31.5 Å². The molecule has 0 atom stereocenters. The van der Waals surface area contributed by atoms with Crippen LogP contribution in [0, 0.1) is 0 Å². The number of hydrogen-bond acceptors (Lipinski definition) is 7. The molecule has 0 bridgehead atoms. The summed E-state index contributed by atoms with van der Waals surface area (Å²) < 4.78 is 32.2. The Hall–Kier alpha value is -1.75. The van der Waals surface area contributed by atoms with E-state index in [4.69, 9.17) is 4.42 Å². The Bertz CT molecular complexity index is 793. The van der Waals surface area contributed by atoms with Crippen molar-refractivity contribution in [3.63, 3.8) is 0 Å². The Labute approximate surface area is 144 Å². The van der Waals surface area contributed by atoms with Gasteiger partial charge in [-0.3, -0.25) is 9.69 Å². The third kappa shape index (κ3) is 3.83. The molecule has 130 valence electrons. The van der Waals surface area contributed by atoms with Gasteiger partial charge in [-0.25, -0.2) is 13.4 Å². The number of furan rings is 1. The van der Waals surface area contributed by atoms with Crippen LogP contribution in [-0.4, -0.2) is 54.7 Å². The molecule has 1 N–H and O–H groups in total. The van der Waals surface area contributed by atoms with Gasteiger partial charge in [-0.1, -0.05) is 11.3 Å². The molecule has 0 aliphatic carbocycles. The highest BCUT2D eigenvalue weighted by Gasteiger charge is 2.30. The number of thiazole rings is 1. The molecule has 3 heterocycles. The maximum Gasteiger partial charge on any atom is 0.254 e. The largest absolute Gasteiger partial charge is 0.468 e. The van der Waals surface area contributed by atoms with Crippen molar-refractivity contribution in [1.82, 2.24) is 14.2 Å². The van der Waals surface area contributed by atoms with Crippen molar-refractivity contribution in [2.24, 2.45) is 0 Å². The van der Waals surface area contributed by atoms with Crippen LogP contribution < -0.4 is 5.32 Å². The van der Waals surface area contributed by atoms with Gasteiger partial charge in [-0.15, -0.1) is 0 Å². The molecule has 24 heavy (non-hydrogen) atoms. The van der Waals surface area contributed by atoms with Crippen LogP contribution in [0.1, 0.15) is 12.7 Å². The van der Waals surface area contributed by atoms with Gasteiger partial charge in [0.05, 0.1) is 19.0 Å². The summed E-state index contributed by atoms with van der Waals surface area (Å²) in [7, 11) is -3.57. The molecule has 10 heteroatoms. The first-order valence-corrected chi connectivity index (χ1v) is 9.69. The molecule has 0 unspecified atom stereocenters. The average Bonchev–Trinajstić information content (AvgIpc) is 3.19. The van der Waals surface area contributed by atoms with Crippen LogP contribution in [0.4, 0.5) is 5.13 Å². The summed E-state index contributed by atoms with van der Waals surface area (Å²) in [5.74, 6) is 0.591. The number of carbonyl (C=O) groups is 1. The quantitative estimate of drug-likeness (QED) is 0.850. The van der Waals surface area contributed by atoms with Crippen LogP contribution in [0.3, 0.4) is 0 Å². The van der Waals surface area contributed by atoms with Gasteiger partial charge in [-0.05, 0) is 12.1 Å². The van der Waals surface area contributed by atoms with E-state index >= 15 is 0 Å². The summed E-state index contributed by atoms with van der Waals surface area (Å²) in [5.41, 5.74) is 0. The van der Waals surface area contributed by atoms with E-state index in [1.807, 2.05) is 12.1 Å². The number of hydrogen-bond donors (Lipinski definition) is 1. The number of rotatable bonds is 5. The Morgan fingerprint density at radius 1 is 1.38 bits per heavy atom. The molecule has 2 aromatic rings. The Balaban J connectivity index is 1.62. The second kappa shape index (κ2) is 7.01. The lowest BCUT2D eigenvalue weighted by molar-refractivity contribution is -0.114. The molecule has 0 saturated carbocycles. The van der Waals surface area contributed by atoms with Crippen LogP contribution in [0.25, 0.3) is 0 Å². The number of nitrogens with zero attached hydrogens (tertiary/aromatic N) is 3. The third-order valence-corrected chi connectivity index (χ3v) is 6.90. The highest BCUT2D eigenvalue weighted by molar-refractivity contribution is 7.91. The van der Waals surface area contributed by atoms with Crippen molar-refractivity contribution in [3.8, 4) is 0 Å². The predicted octanol–water partition coefficient (Wildman–Crippen LogP) is 1.20. The van der Waals surface area contributed by atoms with Crippen molar-refractivity contribution in [3.05, 3.63) is 30.4 Å². The van der Waals surface area contributed by atoms with E-state index in [9.17, 15) is 13.2 Å². The molecule has 0 radical (unpaired) electrons. The lowest BCUT2D eigenvalue weighted by Gasteiger charge is -2.33. The first-order chi connectivity index (χ1) is 11.4. The van der Waals surface area contributed by atoms with Crippen molar-refractivity contribution < 1.29 is 17.6 Å². The number of carbonyl (C=O) groups excluding carboxylic acids is 1. The minimum Gasteiger partial charge on any atom is -0.468 e.